The number of rotatable bonds is 8. The molecule has 0 unspecified atom stereocenters. The first-order valence-electron chi connectivity index (χ1n) is 6.18. The SMILES string of the molecule is COCCOCCOc1cc(C)ccc1C(C)=NO. The van der Waals surface area contributed by atoms with Crippen molar-refractivity contribution >= 4 is 5.71 Å². The fraction of sp³-hybridized carbons (Fsp3) is 0.500. The number of nitrogens with zero attached hydrogens (tertiary/aromatic N) is 1. The van der Waals surface area contributed by atoms with E-state index in [1.54, 1.807) is 14.0 Å². The molecule has 0 amide bonds. The van der Waals surface area contributed by atoms with Crippen LogP contribution in [0.2, 0.25) is 0 Å². The Morgan fingerprint density at radius 1 is 1.21 bits per heavy atom. The standard InChI is InChI=1S/C14H21NO4/c1-11-4-5-13(12(2)15-16)14(10-11)19-9-8-18-7-6-17-3/h4-5,10,16H,6-9H2,1-3H3. The summed E-state index contributed by atoms with van der Waals surface area (Å²) in [7, 11) is 1.63. The van der Waals surface area contributed by atoms with E-state index in [1.165, 1.54) is 0 Å². The van der Waals surface area contributed by atoms with E-state index in [0.717, 1.165) is 11.1 Å². The molecule has 0 radical (unpaired) electrons. The fourth-order valence-corrected chi connectivity index (χ4v) is 1.56. The van der Waals surface area contributed by atoms with Crippen molar-refractivity contribution in [2.24, 2.45) is 5.16 Å². The molecule has 0 aliphatic rings. The summed E-state index contributed by atoms with van der Waals surface area (Å²) in [6.07, 6.45) is 0. The van der Waals surface area contributed by atoms with Crippen molar-refractivity contribution in [2.75, 3.05) is 33.5 Å². The molecular weight excluding hydrogens is 246 g/mol. The molecule has 5 nitrogen and oxygen atoms in total. The highest BCUT2D eigenvalue weighted by atomic mass is 16.5. The number of hydrogen-bond donors (Lipinski definition) is 1. The van der Waals surface area contributed by atoms with Gasteiger partial charge < -0.3 is 19.4 Å². The summed E-state index contributed by atoms with van der Waals surface area (Å²) in [6.45, 7) is 5.78. The quantitative estimate of drug-likeness (QED) is 0.339. The van der Waals surface area contributed by atoms with Crippen molar-refractivity contribution in [3.05, 3.63) is 29.3 Å². The normalized spacial score (nSPS) is 11.6. The van der Waals surface area contributed by atoms with E-state index in [2.05, 4.69) is 5.16 Å². The lowest BCUT2D eigenvalue weighted by atomic mass is 10.1. The third kappa shape index (κ3) is 5.28. The first kappa shape index (κ1) is 15.5. The second-order valence-electron chi connectivity index (χ2n) is 4.14. The van der Waals surface area contributed by atoms with E-state index >= 15 is 0 Å². The van der Waals surface area contributed by atoms with Gasteiger partial charge in [0.15, 0.2) is 0 Å². The van der Waals surface area contributed by atoms with Gasteiger partial charge in [0.1, 0.15) is 12.4 Å². The zero-order chi connectivity index (χ0) is 14.1. The van der Waals surface area contributed by atoms with E-state index in [1.807, 2.05) is 25.1 Å². The molecule has 0 aliphatic carbocycles. The van der Waals surface area contributed by atoms with Gasteiger partial charge in [-0.2, -0.15) is 0 Å². The Labute approximate surface area is 113 Å². The van der Waals surface area contributed by atoms with Crippen molar-refractivity contribution in [1.29, 1.82) is 0 Å². The summed E-state index contributed by atoms with van der Waals surface area (Å²) in [6, 6.07) is 5.75. The van der Waals surface area contributed by atoms with E-state index in [9.17, 15) is 0 Å². The third-order valence-corrected chi connectivity index (χ3v) is 2.59. The van der Waals surface area contributed by atoms with Gasteiger partial charge in [0.05, 0.1) is 25.5 Å². The molecule has 0 atom stereocenters. The zero-order valence-electron chi connectivity index (χ0n) is 11.7. The highest BCUT2D eigenvalue weighted by Crippen LogP contribution is 2.21. The van der Waals surface area contributed by atoms with Crippen LogP contribution in [0.4, 0.5) is 0 Å². The van der Waals surface area contributed by atoms with Crippen LogP contribution in [0, 0.1) is 6.92 Å². The summed E-state index contributed by atoms with van der Waals surface area (Å²) in [5, 5.41) is 12.1. The molecule has 1 aromatic rings. The number of aryl methyl sites for hydroxylation is 1. The molecule has 0 aliphatic heterocycles. The number of methoxy groups -OCH3 is 1. The van der Waals surface area contributed by atoms with E-state index in [4.69, 9.17) is 19.4 Å². The lowest BCUT2D eigenvalue weighted by molar-refractivity contribution is 0.0544. The molecule has 1 rings (SSSR count). The lowest BCUT2D eigenvalue weighted by Gasteiger charge is -2.12. The molecule has 0 spiro atoms. The molecule has 1 N–H and O–H groups in total. The van der Waals surface area contributed by atoms with Crippen molar-refractivity contribution in [1.82, 2.24) is 0 Å². The maximum atomic E-state index is 8.84. The molecular formula is C14H21NO4. The third-order valence-electron chi connectivity index (χ3n) is 2.59. The van der Waals surface area contributed by atoms with Crippen molar-refractivity contribution < 1.29 is 19.4 Å². The molecule has 0 saturated heterocycles. The molecule has 5 heteroatoms. The van der Waals surface area contributed by atoms with Crippen LogP contribution in [0.15, 0.2) is 23.4 Å². The first-order valence-corrected chi connectivity index (χ1v) is 6.18. The second kappa shape index (κ2) is 8.50. The maximum absolute atomic E-state index is 8.84. The summed E-state index contributed by atoms with van der Waals surface area (Å²) in [5.74, 6) is 0.700. The monoisotopic (exact) mass is 267 g/mol. The van der Waals surface area contributed by atoms with Gasteiger partial charge in [-0.3, -0.25) is 0 Å². The Kier molecular flexibility index (Phi) is 6.92. The highest BCUT2D eigenvalue weighted by molar-refractivity contribution is 6.00. The smallest absolute Gasteiger partial charge is 0.128 e. The van der Waals surface area contributed by atoms with Crippen LogP contribution in [-0.2, 0) is 9.47 Å². The second-order valence-corrected chi connectivity index (χ2v) is 4.14. The van der Waals surface area contributed by atoms with Gasteiger partial charge in [-0.05, 0) is 31.5 Å². The Hall–Kier alpha value is -1.59. The van der Waals surface area contributed by atoms with Crippen LogP contribution < -0.4 is 4.74 Å². The van der Waals surface area contributed by atoms with Gasteiger partial charge in [0.25, 0.3) is 0 Å². The Morgan fingerprint density at radius 3 is 2.63 bits per heavy atom. The van der Waals surface area contributed by atoms with Crippen LogP contribution in [-0.4, -0.2) is 44.5 Å². The molecule has 19 heavy (non-hydrogen) atoms. The Bertz CT molecular complexity index is 418. The number of hydrogen-bond acceptors (Lipinski definition) is 5. The van der Waals surface area contributed by atoms with E-state index in [0.29, 0.717) is 37.9 Å². The van der Waals surface area contributed by atoms with Crippen LogP contribution in [0.25, 0.3) is 0 Å². The van der Waals surface area contributed by atoms with Crippen LogP contribution >= 0.6 is 0 Å². The molecule has 0 bridgehead atoms. The van der Waals surface area contributed by atoms with Crippen molar-refractivity contribution in [3.63, 3.8) is 0 Å². The van der Waals surface area contributed by atoms with E-state index < -0.39 is 0 Å². The maximum Gasteiger partial charge on any atom is 0.128 e. The molecule has 0 fully saturated rings. The molecule has 0 saturated carbocycles. The van der Waals surface area contributed by atoms with Gasteiger partial charge in [-0.1, -0.05) is 11.2 Å². The minimum atomic E-state index is 0.443. The lowest BCUT2D eigenvalue weighted by Crippen LogP contribution is -2.11. The number of ether oxygens (including phenoxy) is 3. The summed E-state index contributed by atoms with van der Waals surface area (Å²) >= 11 is 0. The van der Waals surface area contributed by atoms with Crippen LogP contribution in [0.5, 0.6) is 5.75 Å². The minimum Gasteiger partial charge on any atom is -0.490 e. The van der Waals surface area contributed by atoms with Gasteiger partial charge >= 0.3 is 0 Å². The molecule has 106 valence electrons. The predicted molar refractivity (Wildman–Crippen MR) is 73.4 cm³/mol. The average Bonchev–Trinajstić information content (AvgIpc) is 2.42. The summed E-state index contributed by atoms with van der Waals surface area (Å²) < 4.78 is 15.9. The number of benzene rings is 1. The van der Waals surface area contributed by atoms with E-state index in [-0.39, 0.29) is 0 Å². The predicted octanol–water partition coefficient (Wildman–Crippen LogP) is 2.24. The van der Waals surface area contributed by atoms with Crippen molar-refractivity contribution in [3.8, 4) is 5.75 Å². The van der Waals surface area contributed by atoms with Gasteiger partial charge in [-0.15, -0.1) is 0 Å². The Balaban J connectivity index is 2.54. The highest BCUT2D eigenvalue weighted by Gasteiger charge is 2.07. The largest absolute Gasteiger partial charge is 0.490 e. The van der Waals surface area contributed by atoms with Gasteiger partial charge in [0, 0.05) is 12.7 Å². The molecule has 0 aromatic heterocycles. The fourth-order valence-electron chi connectivity index (χ4n) is 1.56. The summed E-state index contributed by atoms with van der Waals surface area (Å²) in [4.78, 5) is 0. The molecule has 1 aromatic carbocycles. The average molecular weight is 267 g/mol. The Morgan fingerprint density at radius 2 is 1.95 bits per heavy atom. The minimum absolute atomic E-state index is 0.443. The van der Waals surface area contributed by atoms with Crippen LogP contribution in [0.3, 0.4) is 0 Å². The van der Waals surface area contributed by atoms with Crippen LogP contribution in [0.1, 0.15) is 18.1 Å². The topological polar surface area (TPSA) is 60.3 Å². The van der Waals surface area contributed by atoms with Crippen molar-refractivity contribution in [2.45, 2.75) is 13.8 Å². The zero-order valence-corrected chi connectivity index (χ0v) is 11.7. The molecule has 0 heterocycles. The van der Waals surface area contributed by atoms with Gasteiger partial charge in [-0.25, -0.2) is 0 Å². The van der Waals surface area contributed by atoms with Gasteiger partial charge in [0.2, 0.25) is 0 Å². The number of oxime groups is 1. The summed E-state index contributed by atoms with van der Waals surface area (Å²) in [5.41, 5.74) is 2.39. The first-order chi connectivity index (χ1) is 9.19.